The lowest BCUT2D eigenvalue weighted by atomic mass is 10.2. The van der Waals surface area contributed by atoms with Gasteiger partial charge in [-0.3, -0.25) is 4.79 Å². The highest BCUT2D eigenvalue weighted by atomic mass is 35.5. The lowest BCUT2D eigenvalue weighted by molar-refractivity contribution is -0.121. The lowest BCUT2D eigenvalue weighted by Gasteiger charge is -2.07. The van der Waals surface area contributed by atoms with Gasteiger partial charge in [0.1, 0.15) is 0 Å². The fourth-order valence-electron chi connectivity index (χ4n) is 1.57. The van der Waals surface area contributed by atoms with Gasteiger partial charge in [0.15, 0.2) is 0 Å². The molecule has 0 fully saturated rings. The number of nitrogens with two attached hydrogens (primary N) is 1. The molecule has 7 heteroatoms. The number of halogens is 2. The number of hydrogen-bond acceptors (Lipinski definition) is 2. The Balaban J connectivity index is 2.21. The molecule has 0 saturated heterocycles. The second-order valence-corrected chi connectivity index (χ2v) is 5.10. The van der Waals surface area contributed by atoms with Gasteiger partial charge in [-0.2, -0.15) is 0 Å². The maximum absolute atomic E-state index is 11.6. The van der Waals surface area contributed by atoms with Crippen LogP contribution in [0.5, 0.6) is 0 Å². The number of unbranched alkanes of at least 4 members (excludes halogenated alkanes) is 1. The SMILES string of the molecule is NC(=O)NCCCCC(=O)NCc1ccc(Cl)cc1Cl. The molecule has 1 rings (SSSR count). The van der Waals surface area contributed by atoms with Gasteiger partial charge >= 0.3 is 6.03 Å². The van der Waals surface area contributed by atoms with Crippen molar-refractivity contribution in [2.45, 2.75) is 25.8 Å². The van der Waals surface area contributed by atoms with E-state index in [-0.39, 0.29) is 5.91 Å². The van der Waals surface area contributed by atoms with Gasteiger partial charge in [-0.15, -0.1) is 0 Å². The molecule has 5 nitrogen and oxygen atoms in total. The molecule has 0 radical (unpaired) electrons. The third kappa shape index (κ3) is 6.63. The Kier molecular flexibility index (Phi) is 7.18. The van der Waals surface area contributed by atoms with E-state index in [4.69, 9.17) is 28.9 Å². The van der Waals surface area contributed by atoms with Gasteiger partial charge < -0.3 is 16.4 Å². The number of carbonyl (C=O) groups is 2. The Labute approximate surface area is 127 Å². The van der Waals surface area contributed by atoms with E-state index in [1.807, 2.05) is 0 Å². The number of nitrogens with one attached hydrogen (secondary N) is 2. The average molecular weight is 318 g/mol. The Morgan fingerprint density at radius 2 is 1.90 bits per heavy atom. The summed E-state index contributed by atoms with van der Waals surface area (Å²) < 4.78 is 0. The zero-order valence-corrected chi connectivity index (χ0v) is 12.4. The summed E-state index contributed by atoms with van der Waals surface area (Å²) in [4.78, 5) is 22.0. The maximum Gasteiger partial charge on any atom is 0.312 e. The molecule has 0 saturated carbocycles. The maximum atomic E-state index is 11.6. The van der Waals surface area contributed by atoms with E-state index in [1.165, 1.54) is 0 Å². The minimum absolute atomic E-state index is 0.0601. The number of carbonyl (C=O) groups excluding carboxylic acids is 2. The number of amides is 3. The minimum atomic E-state index is -0.549. The van der Waals surface area contributed by atoms with Crippen LogP contribution in [0.25, 0.3) is 0 Å². The summed E-state index contributed by atoms with van der Waals surface area (Å²) in [6.45, 7) is 0.847. The van der Waals surface area contributed by atoms with Crippen LogP contribution in [0, 0.1) is 0 Å². The van der Waals surface area contributed by atoms with Gasteiger partial charge in [0.25, 0.3) is 0 Å². The van der Waals surface area contributed by atoms with Crippen LogP contribution in [0.1, 0.15) is 24.8 Å². The van der Waals surface area contributed by atoms with Crippen molar-refractivity contribution in [3.63, 3.8) is 0 Å². The first-order chi connectivity index (χ1) is 9.49. The van der Waals surface area contributed by atoms with E-state index in [1.54, 1.807) is 18.2 Å². The number of hydrogen-bond donors (Lipinski definition) is 3. The first-order valence-electron chi connectivity index (χ1n) is 6.23. The summed E-state index contributed by atoms with van der Waals surface area (Å²) in [5.74, 6) is -0.0601. The van der Waals surface area contributed by atoms with E-state index in [2.05, 4.69) is 10.6 Å². The van der Waals surface area contributed by atoms with Crippen LogP contribution in [0.3, 0.4) is 0 Å². The molecular formula is C13H17Cl2N3O2. The van der Waals surface area contributed by atoms with Gasteiger partial charge in [0.2, 0.25) is 5.91 Å². The van der Waals surface area contributed by atoms with Crippen molar-refractivity contribution < 1.29 is 9.59 Å². The third-order valence-electron chi connectivity index (χ3n) is 2.62. The topological polar surface area (TPSA) is 84.2 Å². The normalized spacial score (nSPS) is 10.1. The molecular weight excluding hydrogens is 301 g/mol. The molecule has 0 aliphatic carbocycles. The van der Waals surface area contributed by atoms with E-state index >= 15 is 0 Å². The molecule has 1 aromatic carbocycles. The van der Waals surface area contributed by atoms with Crippen molar-refractivity contribution >= 4 is 35.1 Å². The molecule has 0 aliphatic rings. The quantitative estimate of drug-likeness (QED) is 0.675. The van der Waals surface area contributed by atoms with Crippen LogP contribution >= 0.6 is 23.2 Å². The molecule has 4 N–H and O–H groups in total. The molecule has 20 heavy (non-hydrogen) atoms. The molecule has 0 heterocycles. The Morgan fingerprint density at radius 3 is 2.55 bits per heavy atom. The van der Waals surface area contributed by atoms with Gasteiger partial charge in [0, 0.05) is 29.6 Å². The molecule has 0 aromatic heterocycles. The second-order valence-electron chi connectivity index (χ2n) is 4.26. The van der Waals surface area contributed by atoms with Crippen LogP contribution in [-0.2, 0) is 11.3 Å². The highest BCUT2D eigenvalue weighted by Crippen LogP contribution is 2.20. The van der Waals surface area contributed by atoms with Crippen LogP contribution in [0.4, 0.5) is 4.79 Å². The molecule has 1 aromatic rings. The highest BCUT2D eigenvalue weighted by molar-refractivity contribution is 6.35. The monoisotopic (exact) mass is 317 g/mol. The predicted molar refractivity (Wildman–Crippen MR) is 79.7 cm³/mol. The van der Waals surface area contributed by atoms with Crippen molar-refractivity contribution in [3.05, 3.63) is 33.8 Å². The van der Waals surface area contributed by atoms with Gasteiger partial charge in [-0.05, 0) is 30.5 Å². The van der Waals surface area contributed by atoms with Gasteiger partial charge in [-0.1, -0.05) is 29.3 Å². The molecule has 3 amide bonds. The van der Waals surface area contributed by atoms with E-state index in [0.29, 0.717) is 42.4 Å². The van der Waals surface area contributed by atoms with E-state index < -0.39 is 6.03 Å². The number of rotatable bonds is 7. The van der Waals surface area contributed by atoms with Crippen LogP contribution in [0.2, 0.25) is 10.0 Å². The summed E-state index contributed by atoms with van der Waals surface area (Å²) in [6.07, 6.45) is 1.78. The molecule has 110 valence electrons. The smallest absolute Gasteiger partial charge is 0.312 e. The van der Waals surface area contributed by atoms with Gasteiger partial charge in [-0.25, -0.2) is 4.79 Å². The Morgan fingerprint density at radius 1 is 1.15 bits per heavy atom. The average Bonchev–Trinajstić information content (AvgIpc) is 2.37. The molecule has 0 bridgehead atoms. The highest BCUT2D eigenvalue weighted by Gasteiger charge is 2.04. The van der Waals surface area contributed by atoms with Crippen molar-refractivity contribution in [1.29, 1.82) is 0 Å². The zero-order chi connectivity index (χ0) is 15.0. The molecule has 0 spiro atoms. The number of urea groups is 1. The summed E-state index contributed by atoms with van der Waals surface area (Å²) in [7, 11) is 0. The number of primary amides is 1. The fourth-order valence-corrected chi connectivity index (χ4v) is 2.04. The van der Waals surface area contributed by atoms with Crippen molar-refractivity contribution in [2.75, 3.05) is 6.54 Å². The Hall–Kier alpha value is -1.46. The summed E-state index contributed by atoms with van der Waals surface area (Å²) in [5, 5.41) is 6.34. The first kappa shape index (κ1) is 16.6. The zero-order valence-electron chi connectivity index (χ0n) is 10.9. The van der Waals surface area contributed by atoms with Crippen LogP contribution in [-0.4, -0.2) is 18.5 Å². The Bertz CT molecular complexity index is 481. The fraction of sp³-hybridized carbons (Fsp3) is 0.385. The number of benzene rings is 1. The van der Waals surface area contributed by atoms with Crippen molar-refractivity contribution in [3.8, 4) is 0 Å². The van der Waals surface area contributed by atoms with Crippen molar-refractivity contribution in [2.24, 2.45) is 5.73 Å². The first-order valence-corrected chi connectivity index (χ1v) is 6.98. The van der Waals surface area contributed by atoms with E-state index in [9.17, 15) is 9.59 Å². The lowest BCUT2D eigenvalue weighted by Crippen LogP contribution is -2.30. The largest absolute Gasteiger partial charge is 0.352 e. The van der Waals surface area contributed by atoms with E-state index in [0.717, 1.165) is 5.56 Å². The third-order valence-corrected chi connectivity index (χ3v) is 3.21. The summed E-state index contributed by atoms with van der Waals surface area (Å²) in [6, 6.07) is 4.60. The standard InChI is InChI=1S/C13H17Cl2N3O2/c14-10-5-4-9(11(15)7-10)8-18-12(19)3-1-2-6-17-13(16)20/h4-5,7H,1-3,6,8H2,(H,18,19)(H3,16,17,20). The second kappa shape index (κ2) is 8.66. The summed E-state index contributed by atoms with van der Waals surface area (Å²) in [5.41, 5.74) is 5.74. The molecule has 0 atom stereocenters. The van der Waals surface area contributed by atoms with Crippen LogP contribution < -0.4 is 16.4 Å². The van der Waals surface area contributed by atoms with Crippen molar-refractivity contribution in [1.82, 2.24) is 10.6 Å². The van der Waals surface area contributed by atoms with Gasteiger partial charge in [0.05, 0.1) is 0 Å². The minimum Gasteiger partial charge on any atom is -0.352 e. The van der Waals surface area contributed by atoms with Crippen LogP contribution in [0.15, 0.2) is 18.2 Å². The molecule has 0 unspecified atom stereocenters. The molecule has 0 aliphatic heterocycles. The predicted octanol–water partition coefficient (Wildman–Crippen LogP) is 2.45. The summed E-state index contributed by atoms with van der Waals surface area (Å²) >= 11 is 11.8.